The second kappa shape index (κ2) is 13.2. The molecular formula is C31H45N7O2S. The van der Waals surface area contributed by atoms with Crippen LogP contribution in [0.3, 0.4) is 0 Å². The molecule has 0 amide bonds. The number of carbonyl (C=O) groups excluding carboxylic acids is 1. The molecule has 0 spiro atoms. The van der Waals surface area contributed by atoms with E-state index >= 15 is 0 Å². The number of thiophene rings is 1. The number of aryl methyl sites for hydroxylation is 1. The number of nitrogens with zero attached hydrogens (tertiary/aromatic N) is 3. The molecule has 3 aliphatic rings. The highest BCUT2D eigenvalue weighted by atomic mass is 32.1. The van der Waals surface area contributed by atoms with Gasteiger partial charge in [0.15, 0.2) is 0 Å². The first-order valence-corrected chi connectivity index (χ1v) is 16.0. The molecular weight excluding hydrogens is 534 g/mol. The quantitative estimate of drug-likeness (QED) is 0.325. The number of rotatable bonds is 9. The molecule has 41 heavy (non-hydrogen) atoms. The number of pyridine rings is 1. The number of ether oxygens (including phenoxy) is 1. The largest absolute Gasteiger partial charge is 0.459 e. The van der Waals surface area contributed by atoms with E-state index in [-0.39, 0.29) is 5.97 Å². The third-order valence-electron chi connectivity index (χ3n) is 7.85. The highest BCUT2D eigenvalue weighted by molar-refractivity contribution is 7.07. The Morgan fingerprint density at radius 1 is 1.22 bits per heavy atom. The lowest BCUT2D eigenvalue weighted by molar-refractivity contribution is -0.157. The molecule has 2 aromatic heterocycles. The van der Waals surface area contributed by atoms with Crippen molar-refractivity contribution in [2.24, 2.45) is 4.99 Å². The normalized spacial score (nSPS) is 18.6. The minimum atomic E-state index is -0.551. The molecule has 0 unspecified atom stereocenters. The number of aromatic nitrogens is 1. The Hall–Kier alpha value is -3.11. The van der Waals surface area contributed by atoms with Crippen LogP contribution in [0, 0.1) is 0 Å². The Kier molecular flexibility index (Phi) is 9.49. The lowest BCUT2D eigenvalue weighted by Gasteiger charge is -2.38. The summed E-state index contributed by atoms with van der Waals surface area (Å²) in [6.07, 6.45) is 5.28. The summed E-state index contributed by atoms with van der Waals surface area (Å²) < 4.78 is 5.74. The van der Waals surface area contributed by atoms with Crippen LogP contribution in [0.15, 0.2) is 45.3 Å². The van der Waals surface area contributed by atoms with Crippen LogP contribution < -0.4 is 21.3 Å². The van der Waals surface area contributed by atoms with Crippen molar-refractivity contribution in [1.82, 2.24) is 25.8 Å². The summed E-state index contributed by atoms with van der Waals surface area (Å²) in [5.74, 6) is 3.32. The number of carbonyl (C=O) groups is 1. The van der Waals surface area contributed by atoms with E-state index in [1.54, 1.807) is 11.3 Å². The van der Waals surface area contributed by atoms with Crippen molar-refractivity contribution < 1.29 is 9.53 Å². The molecule has 0 aliphatic carbocycles. The van der Waals surface area contributed by atoms with Crippen molar-refractivity contribution in [2.75, 3.05) is 38.2 Å². The zero-order chi connectivity index (χ0) is 28.8. The average Bonchev–Trinajstić information content (AvgIpc) is 3.49. The van der Waals surface area contributed by atoms with Crippen LogP contribution in [-0.4, -0.2) is 66.2 Å². The Bertz CT molecular complexity index is 1240. The number of amidine groups is 1. The molecule has 0 radical (unpaired) electrons. The van der Waals surface area contributed by atoms with Gasteiger partial charge in [0.05, 0.1) is 0 Å². The second-order valence-corrected chi connectivity index (χ2v) is 12.8. The second-order valence-electron chi connectivity index (χ2n) is 12.0. The van der Waals surface area contributed by atoms with Crippen LogP contribution in [0.4, 0.5) is 5.82 Å². The maximum atomic E-state index is 13.1. The van der Waals surface area contributed by atoms with Crippen LogP contribution in [-0.2, 0) is 22.5 Å². The van der Waals surface area contributed by atoms with Crippen molar-refractivity contribution in [3.63, 3.8) is 0 Å². The number of esters is 1. The first-order valence-electron chi connectivity index (χ1n) is 15.0. The van der Waals surface area contributed by atoms with Crippen molar-refractivity contribution in [3.8, 4) is 0 Å². The zero-order valence-corrected chi connectivity index (χ0v) is 25.7. The fraction of sp³-hybridized carbons (Fsp3) is 0.581. The summed E-state index contributed by atoms with van der Waals surface area (Å²) in [5.41, 5.74) is 4.32. The molecule has 1 atom stereocenters. The summed E-state index contributed by atoms with van der Waals surface area (Å²) in [5, 5.41) is 18.1. The molecule has 0 aromatic carbocycles. The Morgan fingerprint density at radius 2 is 2.05 bits per heavy atom. The van der Waals surface area contributed by atoms with E-state index in [0.29, 0.717) is 25.7 Å². The number of fused-ring (bicyclic) bond motifs is 1. The van der Waals surface area contributed by atoms with Gasteiger partial charge in [-0.3, -0.25) is 10.1 Å². The third-order valence-corrected chi connectivity index (χ3v) is 8.58. The number of nitrogens with one attached hydrogen (secondary N) is 4. The highest BCUT2D eigenvalue weighted by Crippen LogP contribution is 2.31. The van der Waals surface area contributed by atoms with E-state index in [4.69, 9.17) is 14.7 Å². The number of piperidine rings is 1. The van der Waals surface area contributed by atoms with Gasteiger partial charge in [-0.05, 0) is 86.9 Å². The predicted octanol–water partition coefficient (Wildman–Crippen LogP) is 4.35. The molecule has 2 aromatic rings. The molecule has 1 saturated heterocycles. The summed E-state index contributed by atoms with van der Waals surface area (Å²) in [7, 11) is 0. The SMILES string of the molecule is CCC1=C(N2CCC(c3ccc4c(n3)NCCC4)CC2)NCN=C1NC[C@H](NCc1ccsc1)C(=O)OC(C)(C)C. The lowest BCUT2D eigenvalue weighted by atomic mass is 9.92. The van der Waals surface area contributed by atoms with Gasteiger partial charge in [-0.25, -0.2) is 9.98 Å². The Labute approximate surface area is 248 Å². The van der Waals surface area contributed by atoms with Crippen LogP contribution >= 0.6 is 11.3 Å². The molecule has 0 saturated carbocycles. The van der Waals surface area contributed by atoms with Gasteiger partial charge >= 0.3 is 5.97 Å². The van der Waals surface area contributed by atoms with E-state index < -0.39 is 11.6 Å². The van der Waals surface area contributed by atoms with E-state index in [1.807, 2.05) is 26.2 Å². The summed E-state index contributed by atoms with van der Waals surface area (Å²) in [6.45, 7) is 12.3. The monoisotopic (exact) mass is 579 g/mol. The van der Waals surface area contributed by atoms with E-state index in [1.165, 1.54) is 17.7 Å². The molecule has 5 heterocycles. The maximum Gasteiger partial charge on any atom is 0.325 e. The molecule has 5 rings (SSSR count). The number of likely N-dealkylation sites (tertiary alicyclic amines) is 1. The fourth-order valence-electron chi connectivity index (χ4n) is 5.72. The number of hydrogen-bond donors (Lipinski definition) is 4. The van der Waals surface area contributed by atoms with Gasteiger partial charge < -0.3 is 25.6 Å². The van der Waals surface area contributed by atoms with Gasteiger partial charge in [-0.15, -0.1) is 0 Å². The smallest absolute Gasteiger partial charge is 0.325 e. The molecule has 4 N–H and O–H groups in total. The summed E-state index contributed by atoms with van der Waals surface area (Å²) >= 11 is 1.65. The van der Waals surface area contributed by atoms with E-state index in [9.17, 15) is 4.79 Å². The van der Waals surface area contributed by atoms with Crippen LogP contribution in [0.1, 0.15) is 76.1 Å². The maximum absolute atomic E-state index is 13.1. The van der Waals surface area contributed by atoms with E-state index in [0.717, 1.165) is 73.9 Å². The predicted molar refractivity (Wildman–Crippen MR) is 166 cm³/mol. The molecule has 9 nitrogen and oxygen atoms in total. The Morgan fingerprint density at radius 3 is 2.78 bits per heavy atom. The minimum Gasteiger partial charge on any atom is -0.459 e. The average molecular weight is 580 g/mol. The minimum absolute atomic E-state index is 0.259. The standard InChI is InChI=1S/C31H45N7O2S/c1-5-24-28(34-18-26(30(39)40-31(2,3)4)33-17-21-12-16-41-19-21)35-20-36-29(24)38-14-10-22(11-15-38)25-9-8-23-7-6-13-32-27(23)37-25/h8-9,12,16,19,22,26,33,36H,5-7,10-11,13-15,17-18,20H2,1-4H3,(H,32,37)(H,34,35)/t26-/m0/s1. The molecule has 3 aliphatic heterocycles. The van der Waals surface area contributed by atoms with Crippen molar-refractivity contribution in [1.29, 1.82) is 0 Å². The van der Waals surface area contributed by atoms with Gasteiger partial charge in [0.25, 0.3) is 0 Å². The van der Waals surface area contributed by atoms with Crippen molar-refractivity contribution >= 4 is 29.0 Å². The van der Waals surface area contributed by atoms with Crippen molar-refractivity contribution in [3.05, 3.63) is 57.2 Å². The van der Waals surface area contributed by atoms with Crippen LogP contribution in [0.5, 0.6) is 0 Å². The van der Waals surface area contributed by atoms with E-state index in [2.05, 4.69) is 56.7 Å². The molecule has 222 valence electrons. The molecule has 10 heteroatoms. The van der Waals surface area contributed by atoms with Crippen LogP contribution in [0.2, 0.25) is 0 Å². The number of hydrogen-bond acceptors (Lipinski definition) is 10. The number of anilines is 1. The first kappa shape index (κ1) is 29.4. The lowest BCUT2D eigenvalue weighted by Crippen LogP contribution is -2.50. The first-order chi connectivity index (χ1) is 19.8. The zero-order valence-electron chi connectivity index (χ0n) is 24.9. The van der Waals surface area contributed by atoms with Gasteiger partial charge in [-0.1, -0.05) is 13.0 Å². The van der Waals surface area contributed by atoms with Gasteiger partial charge in [0, 0.05) is 49.9 Å². The fourth-order valence-corrected chi connectivity index (χ4v) is 6.39. The molecule has 1 fully saturated rings. The van der Waals surface area contributed by atoms with Gasteiger partial charge in [0.1, 0.15) is 35.8 Å². The van der Waals surface area contributed by atoms with Gasteiger partial charge in [-0.2, -0.15) is 11.3 Å². The summed E-state index contributed by atoms with van der Waals surface area (Å²) in [4.78, 5) is 25.3. The summed E-state index contributed by atoms with van der Waals surface area (Å²) in [6, 6.07) is 6.08. The molecule has 0 bridgehead atoms. The highest BCUT2D eigenvalue weighted by Gasteiger charge is 2.29. The van der Waals surface area contributed by atoms with Gasteiger partial charge in [0.2, 0.25) is 0 Å². The topological polar surface area (TPSA) is 103 Å². The third kappa shape index (κ3) is 7.60. The van der Waals surface area contributed by atoms with Crippen LogP contribution in [0.25, 0.3) is 0 Å². The Balaban J connectivity index is 1.22. The van der Waals surface area contributed by atoms with Crippen molar-refractivity contribution in [2.45, 2.75) is 83.9 Å². The number of aliphatic imine (C=N–C) groups is 1.